The lowest BCUT2D eigenvalue weighted by molar-refractivity contribution is -0.124. The van der Waals surface area contributed by atoms with Crippen molar-refractivity contribution in [3.8, 4) is 5.88 Å². The Labute approximate surface area is 123 Å². The predicted octanol–water partition coefficient (Wildman–Crippen LogP) is 2.19. The molecule has 6 nitrogen and oxygen atoms in total. The number of carbonyl (C=O) groups is 2. The van der Waals surface area contributed by atoms with Crippen molar-refractivity contribution in [3.05, 3.63) is 18.3 Å². The molecule has 0 N–H and O–H groups in total. The lowest BCUT2D eigenvalue weighted by atomic mass is 9.90. The third kappa shape index (κ3) is 1.81. The van der Waals surface area contributed by atoms with E-state index in [4.69, 9.17) is 4.74 Å². The summed E-state index contributed by atoms with van der Waals surface area (Å²) in [5.74, 6) is 0.158. The number of amides is 3. The minimum atomic E-state index is -0.660. The number of ether oxygens (including phenoxy) is 1. The third-order valence-electron chi connectivity index (χ3n) is 4.36. The molecule has 3 amide bonds. The number of anilines is 1. The van der Waals surface area contributed by atoms with Gasteiger partial charge in [0.25, 0.3) is 5.91 Å². The van der Waals surface area contributed by atoms with Crippen LogP contribution in [-0.2, 0) is 4.79 Å². The van der Waals surface area contributed by atoms with Gasteiger partial charge in [-0.25, -0.2) is 14.7 Å². The molecule has 0 aromatic carbocycles. The third-order valence-corrected chi connectivity index (χ3v) is 4.36. The molecule has 1 aromatic rings. The maximum absolute atomic E-state index is 13.0. The summed E-state index contributed by atoms with van der Waals surface area (Å²) in [6, 6.07) is 3.15. The number of rotatable bonds is 4. The number of carbonyl (C=O) groups excluding carboxylic acids is 2. The number of pyridine rings is 1. The lowest BCUT2D eigenvalue weighted by Gasteiger charge is -2.27. The van der Waals surface area contributed by atoms with Crippen molar-refractivity contribution in [2.75, 3.05) is 18.6 Å². The first-order chi connectivity index (χ1) is 10.2. The van der Waals surface area contributed by atoms with E-state index in [1.54, 1.807) is 23.2 Å². The Bertz CT molecular complexity index is 589. The normalized spacial score (nSPS) is 24.7. The Balaban J connectivity index is 2.05. The second-order valence-corrected chi connectivity index (χ2v) is 5.49. The van der Waals surface area contributed by atoms with Crippen LogP contribution < -0.4 is 9.64 Å². The maximum Gasteiger partial charge on any atom is 0.332 e. The molecule has 21 heavy (non-hydrogen) atoms. The molecule has 3 heterocycles. The molecule has 112 valence electrons. The topological polar surface area (TPSA) is 62.7 Å². The molecule has 1 unspecified atom stereocenters. The van der Waals surface area contributed by atoms with Gasteiger partial charge in [-0.15, -0.1) is 0 Å². The van der Waals surface area contributed by atoms with E-state index in [9.17, 15) is 9.59 Å². The van der Waals surface area contributed by atoms with E-state index in [-0.39, 0.29) is 11.9 Å². The highest BCUT2D eigenvalue weighted by atomic mass is 16.5. The van der Waals surface area contributed by atoms with Gasteiger partial charge in [0, 0.05) is 12.7 Å². The quantitative estimate of drug-likeness (QED) is 0.797. The summed E-state index contributed by atoms with van der Waals surface area (Å²) in [6.45, 7) is 2.68. The van der Waals surface area contributed by atoms with Crippen LogP contribution in [0.1, 0.15) is 32.6 Å². The minimum absolute atomic E-state index is 0.141. The van der Waals surface area contributed by atoms with Gasteiger partial charge >= 0.3 is 6.03 Å². The van der Waals surface area contributed by atoms with Gasteiger partial charge in [-0.05, 0) is 31.4 Å². The van der Waals surface area contributed by atoms with Crippen LogP contribution in [0.3, 0.4) is 0 Å². The van der Waals surface area contributed by atoms with Crippen molar-refractivity contribution >= 4 is 17.6 Å². The zero-order chi connectivity index (χ0) is 15.0. The molecule has 0 bridgehead atoms. The monoisotopic (exact) mass is 289 g/mol. The van der Waals surface area contributed by atoms with Crippen LogP contribution in [-0.4, -0.2) is 41.0 Å². The molecule has 0 aliphatic carbocycles. The van der Waals surface area contributed by atoms with Crippen molar-refractivity contribution < 1.29 is 14.3 Å². The predicted molar refractivity (Wildman–Crippen MR) is 77.3 cm³/mol. The lowest BCUT2D eigenvalue weighted by Crippen LogP contribution is -2.44. The van der Waals surface area contributed by atoms with Crippen molar-refractivity contribution in [3.63, 3.8) is 0 Å². The van der Waals surface area contributed by atoms with E-state index in [2.05, 4.69) is 4.98 Å². The summed E-state index contributed by atoms with van der Waals surface area (Å²) in [5.41, 5.74) is -0.230. The van der Waals surface area contributed by atoms with Gasteiger partial charge in [-0.1, -0.05) is 13.3 Å². The van der Waals surface area contributed by atoms with E-state index in [0.717, 1.165) is 19.3 Å². The highest BCUT2D eigenvalue weighted by molar-refractivity contribution is 6.24. The largest absolute Gasteiger partial charge is 0.479 e. The second kappa shape index (κ2) is 5.02. The number of fused-ring (bicyclic) bond motifs is 1. The molecule has 6 heteroatoms. The number of hydrogen-bond acceptors (Lipinski definition) is 4. The molecule has 0 saturated carbocycles. The van der Waals surface area contributed by atoms with E-state index >= 15 is 0 Å². The Hall–Kier alpha value is -2.11. The van der Waals surface area contributed by atoms with Crippen LogP contribution in [0, 0.1) is 0 Å². The molecule has 2 fully saturated rings. The molecule has 0 spiro atoms. The van der Waals surface area contributed by atoms with Crippen LogP contribution >= 0.6 is 0 Å². The van der Waals surface area contributed by atoms with Crippen LogP contribution in [0.2, 0.25) is 0 Å². The first-order valence-corrected chi connectivity index (χ1v) is 7.31. The highest BCUT2D eigenvalue weighted by Crippen LogP contribution is 2.44. The first kappa shape index (κ1) is 13.9. The summed E-state index contributed by atoms with van der Waals surface area (Å²) >= 11 is 0. The van der Waals surface area contributed by atoms with Crippen LogP contribution in [0.25, 0.3) is 0 Å². The van der Waals surface area contributed by atoms with Gasteiger partial charge in [-0.3, -0.25) is 4.79 Å². The molecule has 2 aliphatic heterocycles. The minimum Gasteiger partial charge on any atom is -0.479 e. The van der Waals surface area contributed by atoms with Crippen molar-refractivity contribution in [1.82, 2.24) is 9.88 Å². The second-order valence-electron chi connectivity index (χ2n) is 5.49. The van der Waals surface area contributed by atoms with Gasteiger partial charge in [-0.2, -0.15) is 0 Å². The number of imide groups is 1. The molecule has 1 aromatic heterocycles. The Morgan fingerprint density at radius 1 is 1.43 bits per heavy atom. The Kier molecular flexibility index (Phi) is 3.31. The number of urea groups is 1. The van der Waals surface area contributed by atoms with E-state index in [1.165, 1.54) is 12.0 Å². The Morgan fingerprint density at radius 3 is 2.95 bits per heavy atom. The highest BCUT2D eigenvalue weighted by Gasteiger charge is 2.59. The molecule has 0 radical (unpaired) electrons. The van der Waals surface area contributed by atoms with Crippen molar-refractivity contribution in [1.29, 1.82) is 0 Å². The van der Waals surface area contributed by atoms with Crippen LogP contribution in [0.15, 0.2) is 18.3 Å². The number of methoxy groups -OCH3 is 1. The SMILES string of the molecule is CCCC12CCCN1C(=O)N(c1cccnc1OC)C2=O. The van der Waals surface area contributed by atoms with E-state index in [0.29, 0.717) is 24.5 Å². The average molecular weight is 289 g/mol. The van der Waals surface area contributed by atoms with E-state index < -0.39 is 5.54 Å². The zero-order valence-electron chi connectivity index (χ0n) is 12.3. The van der Waals surface area contributed by atoms with Gasteiger partial charge < -0.3 is 9.64 Å². The summed E-state index contributed by atoms with van der Waals surface area (Å²) in [4.78, 5) is 32.7. The summed E-state index contributed by atoms with van der Waals surface area (Å²) in [5, 5.41) is 0. The fraction of sp³-hybridized carbons (Fsp3) is 0.533. The van der Waals surface area contributed by atoms with Crippen molar-refractivity contribution in [2.45, 2.75) is 38.1 Å². The van der Waals surface area contributed by atoms with Gasteiger partial charge in [0.15, 0.2) is 0 Å². The molecule has 1 atom stereocenters. The van der Waals surface area contributed by atoms with Crippen LogP contribution in [0.5, 0.6) is 5.88 Å². The smallest absolute Gasteiger partial charge is 0.332 e. The van der Waals surface area contributed by atoms with E-state index in [1.807, 2.05) is 6.92 Å². The molecule has 2 saturated heterocycles. The Morgan fingerprint density at radius 2 is 2.24 bits per heavy atom. The summed E-state index contributed by atoms with van der Waals surface area (Å²) in [6.07, 6.45) is 4.78. The van der Waals surface area contributed by atoms with Gasteiger partial charge in [0.1, 0.15) is 11.2 Å². The molecule has 3 rings (SSSR count). The summed E-state index contributed by atoms with van der Waals surface area (Å²) < 4.78 is 5.19. The van der Waals surface area contributed by atoms with Gasteiger partial charge in [0.05, 0.1) is 7.11 Å². The molecular weight excluding hydrogens is 270 g/mol. The standard InChI is InChI=1S/C15H19N3O3/c1-3-7-15-8-5-10-17(15)14(20)18(13(15)19)11-6-4-9-16-12(11)21-2/h4,6,9H,3,5,7-8,10H2,1-2H3. The maximum atomic E-state index is 13.0. The van der Waals surface area contributed by atoms with Crippen LogP contribution in [0.4, 0.5) is 10.5 Å². The number of aromatic nitrogens is 1. The molecule has 2 aliphatic rings. The first-order valence-electron chi connectivity index (χ1n) is 7.31. The number of hydrogen-bond donors (Lipinski definition) is 0. The summed E-state index contributed by atoms with van der Waals surface area (Å²) in [7, 11) is 1.49. The average Bonchev–Trinajstić information content (AvgIpc) is 3.00. The van der Waals surface area contributed by atoms with Gasteiger partial charge in [0.2, 0.25) is 5.88 Å². The van der Waals surface area contributed by atoms with Crippen molar-refractivity contribution in [2.24, 2.45) is 0 Å². The fourth-order valence-electron chi connectivity index (χ4n) is 3.50. The number of nitrogens with zero attached hydrogens (tertiary/aromatic N) is 3. The fourth-order valence-corrected chi connectivity index (χ4v) is 3.50. The zero-order valence-corrected chi connectivity index (χ0v) is 12.3. The molecular formula is C15H19N3O3.